The number of aromatic nitrogens is 4. The number of quaternary nitrogens is 1. The summed E-state index contributed by atoms with van der Waals surface area (Å²) in [4.78, 5) is 23.3. The van der Waals surface area contributed by atoms with Gasteiger partial charge in [0.05, 0.1) is 19.1 Å². The van der Waals surface area contributed by atoms with Crippen LogP contribution < -0.4 is 16.6 Å². The van der Waals surface area contributed by atoms with Gasteiger partial charge in [0.15, 0.2) is 23.5 Å². The van der Waals surface area contributed by atoms with E-state index in [1.807, 2.05) is 0 Å². The average Bonchev–Trinajstić information content (AvgIpc) is 3.17. The molecule has 0 radical (unpaired) electrons. The molecular formula is C14H24N6O10. The normalized spacial score (nSPS) is 33.5. The van der Waals surface area contributed by atoms with Crippen LogP contribution in [-0.4, -0.2) is 99.9 Å². The Labute approximate surface area is 167 Å². The lowest BCUT2D eigenvalue weighted by molar-refractivity contribution is -0.469. The van der Waals surface area contributed by atoms with Crippen molar-refractivity contribution in [2.45, 2.75) is 42.3 Å². The van der Waals surface area contributed by atoms with Crippen LogP contribution in [0.1, 0.15) is 6.23 Å². The van der Waals surface area contributed by atoms with Gasteiger partial charge in [-0.25, -0.2) is 9.97 Å². The number of aliphatic carboxylic acids is 1. The number of imidazole rings is 1. The van der Waals surface area contributed by atoms with E-state index in [-0.39, 0.29) is 34.6 Å². The van der Waals surface area contributed by atoms with Crippen LogP contribution in [-0.2, 0) is 14.3 Å². The molecule has 4 rings (SSSR count). The summed E-state index contributed by atoms with van der Waals surface area (Å²) in [6, 6.07) is -1.53. The number of carbonyl (C=O) groups excluding carboxylic acids is 1. The van der Waals surface area contributed by atoms with Crippen molar-refractivity contribution >= 4 is 23.1 Å². The third-order valence-electron chi connectivity index (χ3n) is 5.07. The summed E-state index contributed by atoms with van der Waals surface area (Å²) in [5.74, 6) is -1.63. The van der Waals surface area contributed by atoms with E-state index in [1.165, 1.54) is 17.1 Å². The summed E-state index contributed by atoms with van der Waals surface area (Å²) in [5.41, 5.74) is 7.44. The van der Waals surface area contributed by atoms with Crippen molar-refractivity contribution in [3.63, 3.8) is 0 Å². The second kappa shape index (κ2) is 8.68. The Balaban J connectivity index is 0.00000150. The summed E-state index contributed by atoms with van der Waals surface area (Å²) >= 11 is 0. The minimum absolute atomic E-state index is 0. The number of rotatable bonds is 3. The fourth-order valence-electron chi connectivity index (χ4n) is 3.58. The number of nitrogen functional groups attached to an aromatic ring is 1. The third-order valence-corrected chi connectivity index (χ3v) is 5.07. The van der Waals surface area contributed by atoms with Crippen molar-refractivity contribution in [2.24, 2.45) is 0 Å². The first-order chi connectivity index (χ1) is 12.7. The predicted molar refractivity (Wildman–Crippen MR) is 92.9 cm³/mol. The van der Waals surface area contributed by atoms with Gasteiger partial charge in [-0.15, -0.1) is 0 Å². The highest BCUT2D eigenvalue weighted by molar-refractivity contribution is 5.71. The minimum atomic E-state index is -2.20. The maximum atomic E-state index is 11.3. The monoisotopic (exact) mass is 436 g/mol. The largest absolute Gasteiger partial charge is 0.544 e. The third kappa shape index (κ3) is 3.45. The fraction of sp³-hybridized carbons (Fsp3) is 0.571. The van der Waals surface area contributed by atoms with E-state index in [0.29, 0.717) is 5.52 Å². The van der Waals surface area contributed by atoms with Crippen LogP contribution in [0.15, 0.2) is 12.5 Å². The van der Waals surface area contributed by atoms with E-state index in [9.17, 15) is 25.2 Å². The summed E-state index contributed by atoms with van der Waals surface area (Å²) in [6.45, 7) is -0.290. The smallest absolute Gasteiger partial charge is 0.222 e. The molecule has 7 atom stereocenters. The lowest BCUT2D eigenvalue weighted by atomic mass is 9.79. The molecule has 2 aromatic heterocycles. The van der Waals surface area contributed by atoms with Gasteiger partial charge in [0.2, 0.25) is 5.95 Å². The van der Waals surface area contributed by atoms with Crippen molar-refractivity contribution in [1.82, 2.24) is 19.5 Å². The van der Waals surface area contributed by atoms with E-state index in [2.05, 4.69) is 20.7 Å². The molecular weight excluding hydrogens is 412 g/mol. The highest BCUT2D eigenvalue weighted by Gasteiger charge is 2.65. The number of aliphatic hydroxyl groups is 3. The number of aliphatic hydroxyl groups excluding tert-OH is 2. The zero-order valence-electron chi connectivity index (χ0n) is 15.4. The highest BCUT2D eigenvalue weighted by atomic mass is 16.6. The Morgan fingerprint density at radius 2 is 2.03 bits per heavy atom. The summed E-state index contributed by atoms with van der Waals surface area (Å²) in [5, 5.41) is 43.0. The van der Waals surface area contributed by atoms with Gasteiger partial charge < -0.3 is 62.6 Å². The number of anilines is 1. The molecule has 2 saturated heterocycles. The van der Waals surface area contributed by atoms with E-state index in [0.717, 1.165) is 0 Å². The van der Waals surface area contributed by atoms with Crippen molar-refractivity contribution in [2.75, 3.05) is 12.3 Å². The molecule has 14 N–H and O–H groups in total. The second-order valence-corrected chi connectivity index (χ2v) is 6.61. The molecule has 0 saturated carbocycles. The summed E-state index contributed by atoms with van der Waals surface area (Å²) in [7, 11) is 0. The molecule has 16 heteroatoms. The molecule has 0 aromatic carbocycles. The number of nitrogens with two attached hydrogens (primary N) is 1. The van der Waals surface area contributed by atoms with Crippen LogP contribution in [0.2, 0.25) is 0 Å². The van der Waals surface area contributed by atoms with Crippen LogP contribution >= 0.6 is 0 Å². The van der Waals surface area contributed by atoms with E-state index >= 15 is 0 Å². The molecule has 2 aromatic rings. The van der Waals surface area contributed by atoms with Gasteiger partial charge in [-0.1, -0.05) is 0 Å². The molecule has 2 fully saturated rings. The standard InChI is InChI=1S/C14H18N6O7.3H2O/c15-6(12(23)24)7-8(22)14(25)5(21)2-26-9(14)11(27-7)20-3-18-4-1-17-13(16)19-10(4)20;;;/h1,3,5-9,11,21-22,25H,2,15H2,(H,23,24)(H2,16,17,19);3*1H2/t5-,6+,7-,8-,9+,11-,14-;;;/m1.../s1. The van der Waals surface area contributed by atoms with Crippen LogP contribution in [0, 0.1) is 0 Å². The number of carboxylic acid groups (broad SMARTS) is 1. The van der Waals surface area contributed by atoms with Gasteiger partial charge in [-0.3, -0.25) is 4.57 Å². The van der Waals surface area contributed by atoms with Crippen LogP contribution in [0.4, 0.5) is 5.95 Å². The van der Waals surface area contributed by atoms with E-state index in [4.69, 9.17) is 15.2 Å². The number of hydrogen-bond acceptors (Lipinski definition) is 11. The Morgan fingerprint density at radius 3 is 2.67 bits per heavy atom. The first-order valence-corrected chi connectivity index (χ1v) is 8.09. The van der Waals surface area contributed by atoms with Gasteiger partial charge in [0.25, 0.3) is 0 Å². The van der Waals surface area contributed by atoms with Crippen LogP contribution in [0.25, 0.3) is 11.2 Å². The first kappa shape index (κ1) is 25.5. The molecule has 4 heterocycles. The maximum Gasteiger partial charge on any atom is 0.222 e. The Bertz CT molecular complexity index is 897. The van der Waals surface area contributed by atoms with Crippen LogP contribution in [0.5, 0.6) is 0 Å². The topological polar surface area (TPSA) is 311 Å². The molecule has 0 bridgehead atoms. The zero-order valence-corrected chi connectivity index (χ0v) is 15.4. The van der Waals surface area contributed by atoms with Gasteiger partial charge in [0.1, 0.15) is 35.9 Å². The number of carbonyl (C=O) groups is 1. The first-order valence-electron chi connectivity index (χ1n) is 8.09. The maximum absolute atomic E-state index is 11.3. The number of carboxylic acids is 1. The van der Waals surface area contributed by atoms with Gasteiger partial charge in [-0.2, -0.15) is 4.98 Å². The molecule has 16 nitrogen and oxygen atoms in total. The summed E-state index contributed by atoms with van der Waals surface area (Å²) in [6.07, 6.45) is -4.46. The number of nitrogens with zero attached hydrogens (tertiary/aromatic N) is 4. The molecule has 0 spiro atoms. The second-order valence-electron chi connectivity index (χ2n) is 6.61. The lowest BCUT2D eigenvalue weighted by Gasteiger charge is -2.48. The number of ether oxygens (including phenoxy) is 2. The molecule has 0 unspecified atom stereocenters. The molecule has 2 aliphatic heterocycles. The molecule has 0 aliphatic carbocycles. The van der Waals surface area contributed by atoms with Crippen molar-refractivity contribution in [1.29, 1.82) is 0 Å². The summed E-state index contributed by atoms with van der Waals surface area (Å²) < 4.78 is 12.6. The minimum Gasteiger partial charge on any atom is -0.544 e. The zero-order chi connectivity index (χ0) is 19.5. The average molecular weight is 436 g/mol. The highest BCUT2D eigenvalue weighted by Crippen LogP contribution is 2.44. The fourth-order valence-corrected chi connectivity index (χ4v) is 3.58. The molecule has 0 amide bonds. The number of fused-ring (bicyclic) bond motifs is 2. The Morgan fingerprint density at radius 1 is 1.37 bits per heavy atom. The van der Waals surface area contributed by atoms with Crippen molar-refractivity contribution < 1.29 is 56.9 Å². The quantitative estimate of drug-likeness (QED) is 0.300. The molecule has 2 aliphatic rings. The van der Waals surface area contributed by atoms with Crippen LogP contribution in [0.3, 0.4) is 0 Å². The van der Waals surface area contributed by atoms with Gasteiger partial charge >= 0.3 is 0 Å². The van der Waals surface area contributed by atoms with Gasteiger partial charge in [-0.05, 0) is 0 Å². The molecule has 170 valence electrons. The van der Waals surface area contributed by atoms with Crippen molar-refractivity contribution in [3.8, 4) is 0 Å². The SMILES string of the molecule is Nc1ncc2ncn([C@@H]3O[C@H]([C@H]([NH3+])C(=O)[O-])[C@@H](O)[C@]4(O)[C@H](O)CO[C@@H]34)c2n1.O.O.O. The van der Waals surface area contributed by atoms with Crippen molar-refractivity contribution in [3.05, 3.63) is 12.5 Å². The predicted octanol–water partition coefficient (Wildman–Crippen LogP) is -7.96. The van der Waals surface area contributed by atoms with E-state index in [1.54, 1.807) is 0 Å². The van der Waals surface area contributed by atoms with Gasteiger partial charge in [0, 0.05) is 0 Å². The van der Waals surface area contributed by atoms with E-state index < -0.39 is 48.3 Å². The molecule has 30 heavy (non-hydrogen) atoms. The Kier molecular flexibility index (Phi) is 7.37. The Hall–Kier alpha value is -2.54. The lowest BCUT2D eigenvalue weighted by Crippen LogP contribution is -2.80. The number of hydrogen-bond donors (Lipinski definition) is 5.